The minimum Gasteiger partial charge on any atom is -0.465 e. The van der Waals surface area contributed by atoms with E-state index in [1.807, 2.05) is 0 Å². The summed E-state index contributed by atoms with van der Waals surface area (Å²) in [5.41, 5.74) is 0. The number of hydrogen-bond donors (Lipinski definition) is 1. The molecule has 2 saturated heterocycles. The zero-order valence-electron chi connectivity index (χ0n) is 11.7. The Morgan fingerprint density at radius 2 is 2.14 bits per heavy atom. The predicted octanol–water partition coefficient (Wildman–Crippen LogP) is 1.05. The second kappa shape index (κ2) is 5.68. The van der Waals surface area contributed by atoms with Crippen molar-refractivity contribution in [2.24, 2.45) is 0 Å². The lowest BCUT2D eigenvalue weighted by atomic mass is 10.1. The smallest absolute Gasteiger partial charge is 0.348 e. The van der Waals surface area contributed by atoms with Gasteiger partial charge in [0.2, 0.25) is 10.0 Å². The van der Waals surface area contributed by atoms with Gasteiger partial charge in [0.1, 0.15) is 4.88 Å². The normalized spacial score (nSPS) is 26.5. The molecule has 0 amide bonds. The van der Waals surface area contributed by atoms with Gasteiger partial charge in [-0.25, -0.2) is 13.2 Å². The first kappa shape index (κ1) is 15.0. The zero-order valence-corrected chi connectivity index (χ0v) is 13.4. The number of thiophene rings is 1. The molecule has 0 saturated carbocycles. The maximum atomic E-state index is 12.7. The molecule has 1 aromatic rings. The monoisotopic (exact) mass is 330 g/mol. The van der Waals surface area contributed by atoms with Gasteiger partial charge in [-0.15, -0.1) is 11.3 Å². The summed E-state index contributed by atoms with van der Waals surface area (Å²) in [5.74, 6) is -0.502. The molecule has 1 aromatic heterocycles. The number of rotatable bonds is 3. The molecule has 2 fully saturated rings. The minimum absolute atomic E-state index is 0.186. The van der Waals surface area contributed by atoms with Crippen LogP contribution in [-0.4, -0.2) is 51.0 Å². The Morgan fingerprint density at radius 3 is 2.90 bits per heavy atom. The molecule has 21 heavy (non-hydrogen) atoms. The highest BCUT2D eigenvalue weighted by Crippen LogP contribution is 2.27. The maximum absolute atomic E-state index is 12.7. The summed E-state index contributed by atoms with van der Waals surface area (Å²) >= 11 is 1.10. The molecule has 0 aliphatic carbocycles. The first-order valence-electron chi connectivity index (χ1n) is 6.94. The summed E-state index contributed by atoms with van der Waals surface area (Å²) in [6.45, 7) is 1.03. The Morgan fingerprint density at radius 1 is 1.38 bits per heavy atom. The lowest BCUT2D eigenvalue weighted by molar-refractivity contribution is 0.0606. The molecule has 116 valence electrons. The number of methoxy groups -OCH3 is 1. The number of esters is 1. The van der Waals surface area contributed by atoms with E-state index in [-0.39, 0.29) is 10.9 Å². The van der Waals surface area contributed by atoms with Crippen LogP contribution in [0.15, 0.2) is 16.3 Å². The molecule has 2 unspecified atom stereocenters. The van der Waals surface area contributed by atoms with Gasteiger partial charge in [-0.05, 0) is 25.3 Å². The fourth-order valence-electron chi connectivity index (χ4n) is 2.94. The highest BCUT2D eigenvalue weighted by Gasteiger charge is 2.35. The first-order valence-corrected chi connectivity index (χ1v) is 9.25. The van der Waals surface area contributed by atoms with E-state index in [4.69, 9.17) is 0 Å². The van der Waals surface area contributed by atoms with E-state index in [0.717, 1.165) is 30.6 Å². The highest BCUT2D eigenvalue weighted by molar-refractivity contribution is 7.89. The lowest BCUT2D eigenvalue weighted by Crippen LogP contribution is -2.38. The molecule has 3 heterocycles. The molecule has 0 spiro atoms. The third-order valence-corrected chi connectivity index (χ3v) is 6.99. The molecule has 2 atom stereocenters. The molecule has 0 aromatic carbocycles. The average Bonchev–Trinajstić information content (AvgIpc) is 3.05. The van der Waals surface area contributed by atoms with Crippen LogP contribution in [0.4, 0.5) is 0 Å². The Hall–Kier alpha value is -0.960. The molecule has 2 aliphatic rings. The van der Waals surface area contributed by atoms with Gasteiger partial charge in [0.15, 0.2) is 0 Å². The predicted molar refractivity (Wildman–Crippen MR) is 79.0 cm³/mol. The van der Waals surface area contributed by atoms with Crippen molar-refractivity contribution in [1.29, 1.82) is 0 Å². The number of nitrogens with one attached hydrogen (secondary N) is 1. The van der Waals surface area contributed by atoms with E-state index in [0.29, 0.717) is 24.0 Å². The standard InChI is InChI=1S/C13H18N2O4S2/c1-19-13(16)12-6-11(8-20-12)21(17,18)15-5-4-9-2-3-10(7-15)14-9/h6,8-10,14H,2-5,7H2,1H3. The fourth-order valence-corrected chi connectivity index (χ4v) is 5.62. The topological polar surface area (TPSA) is 75.7 Å². The van der Waals surface area contributed by atoms with Gasteiger partial charge >= 0.3 is 5.97 Å². The van der Waals surface area contributed by atoms with Crippen molar-refractivity contribution in [3.05, 3.63) is 16.3 Å². The maximum Gasteiger partial charge on any atom is 0.348 e. The summed E-state index contributed by atoms with van der Waals surface area (Å²) in [7, 11) is -2.25. The molecular formula is C13H18N2O4S2. The van der Waals surface area contributed by atoms with Crippen LogP contribution >= 0.6 is 11.3 Å². The summed E-state index contributed by atoms with van der Waals surface area (Å²) in [4.78, 5) is 12.0. The number of fused-ring (bicyclic) bond motifs is 2. The number of hydrogen-bond acceptors (Lipinski definition) is 6. The van der Waals surface area contributed by atoms with Crippen molar-refractivity contribution in [3.8, 4) is 0 Å². The van der Waals surface area contributed by atoms with Crippen molar-refractivity contribution in [2.45, 2.75) is 36.2 Å². The van der Waals surface area contributed by atoms with Crippen LogP contribution in [0.2, 0.25) is 0 Å². The second-order valence-electron chi connectivity index (χ2n) is 5.43. The highest BCUT2D eigenvalue weighted by atomic mass is 32.2. The van der Waals surface area contributed by atoms with Gasteiger partial charge in [0, 0.05) is 30.6 Å². The molecular weight excluding hydrogens is 312 g/mol. The van der Waals surface area contributed by atoms with Crippen LogP contribution in [-0.2, 0) is 14.8 Å². The molecule has 2 aliphatic heterocycles. The van der Waals surface area contributed by atoms with E-state index < -0.39 is 16.0 Å². The molecule has 8 heteroatoms. The Balaban J connectivity index is 1.82. The second-order valence-corrected chi connectivity index (χ2v) is 8.28. The van der Waals surface area contributed by atoms with E-state index in [2.05, 4.69) is 10.1 Å². The van der Waals surface area contributed by atoms with Crippen LogP contribution in [0.5, 0.6) is 0 Å². The number of sulfonamides is 1. The van der Waals surface area contributed by atoms with Gasteiger partial charge in [-0.2, -0.15) is 4.31 Å². The number of nitrogens with zero attached hydrogens (tertiary/aromatic N) is 1. The zero-order chi connectivity index (χ0) is 15.0. The van der Waals surface area contributed by atoms with Crippen molar-refractivity contribution in [3.63, 3.8) is 0 Å². The van der Waals surface area contributed by atoms with E-state index in [1.54, 1.807) is 0 Å². The van der Waals surface area contributed by atoms with E-state index >= 15 is 0 Å². The van der Waals surface area contributed by atoms with Gasteiger partial charge in [-0.3, -0.25) is 0 Å². The minimum atomic E-state index is -3.53. The molecule has 1 N–H and O–H groups in total. The van der Waals surface area contributed by atoms with Gasteiger partial charge in [-0.1, -0.05) is 0 Å². The molecule has 0 radical (unpaired) electrons. The van der Waals surface area contributed by atoms with E-state index in [1.165, 1.54) is 22.9 Å². The van der Waals surface area contributed by atoms with Gasteiger partial charge in [0.05, 0.1) is 12.0 Å². The molecule has 2 bridgehead atoms. The summed E-state index contributed by atoms with van der Waals surface area (Å²) < 4.78 is 31.5. The van der Waals surface area contributed by atoms with Crippen molar-refractivity contribution in [1.82, 2.24) is 9.62 Å². The molecule has 3 rings (SSSR count). The van der Waals surface area contributed by atoms with Crippen LogP contribution in [0.1, 0.15) is 28.9 Å². The summed E-state index contributed by atoms with van der Waals surface area (Å²) in [5, 5.41) is 4.97. The largest absolute Gasteiger partial charge is 0.465 e. The number of carbonyl (C=O) groups excluding carboxylic acids is 1. The molecule has 6 nitrogen and oxygen atoms in total. The first-order chi connectivity index (χ1) is 10.0. The quantitative estimate of drug-likeness (QED) is 0.839. The van der Waals surface area contributed by atoms with E-state index in [9.17, 15) is 13.2 Å². The lowest BCUT2D eigenvalue weighted by Gasteiger charge is -2.23. The average molecular weight is 330 g/mol. The fraction of sp³-hybridized carbons (Fsp3) is 0.615. The number of ether oxygens (including phenoxy) is 1. The third kappa shape index (κ3) is 2.85. The Bertz CT molecular complexity index is 640. The van der Waals surface area contributed by atoms with Gasteiger partial charge in [0.25, 0.3) is 0 Å². The third-order valence-electron chi connectivity index (χ3n) is 4.09. The SMILES string of the molecule is COC(=O)c1cc(S(=O)(=O)N2CCC3CCC(C2)N3)cs1. The van der Waals surface area contributed by atoms with Crippen LogP contribution < -0.4 is 5.32 Å². The van der Waals surface area contributed by atoms with Crippen molar-refractivity contribution < 1.29 is 17.9 Å². The Labute approximate surface area is 128 Å². The number of carbonyl (C=O) groups is 1. The summed E-state index contributed by atoms with van der Waals surface area (Å²) in [6.07, 6.45) is 2.99. The Kier molecular flexibility index (Phi) is 4.04. The van der Waals surface area contributed by atoms with Crippen molar-refractivity contribution >= 4 is 27.3 Å². The van der Waals surface area contributed by atoms with Crippen LogP contribution in [0.3, 0.4) is 0 Å². The van der Waals surface area contributed by atoms with Crippen LogP contribution in [0.25, 0.3) is 0 Å². The van der Waals surface area contributed by atoms with Crippen LogP contribution in [0, 0.1) is 0 Å². The van der Waals surface area contributed by atoms with Gasteiger partial charge < -0.3 is 10.1 Å². The summed E-state index contributed by atoms with van der Waals surface area (Å²) in [6, 6.07) is 2.08. The van der Waals surface area contributed by atoms with Crippen molar-refractivity contribution in [2.75, 3.05) is 20.2 Å².